The van der Waals surface area contributed by atoms with Gasteiger partial charge in [-0.05, 0) is 42.8 Å². The fourth-order valence-corrected chi connectivity index (χ4v) is 1.75. The van der Waals surface area contributed by atoms with Gasteiger partial charge in [0.1, 0.15) is 11.6 Å². The molecule has 0 aliphatic heterocycles. The molecule has 0 bridgehead atoms. The molecule has 0 saturated heterocycles. The number of rotatable bonds is 2. The lowest BCUT2D eigenvalue weighted by Crippen LogP contribution is -2.14. The number of amides is 1. The minimum atomic E-state index is -0.723. The number of carbonyl (C=O) groups is 1. The molecule has 0 atom stereocenters. The molecule has 5 heteroatoms. The first-order chi connectivity index (χ1) is 8.97. The van der Waals surface area contributed by atoms with E-state index in [9.17, 15) is 13.6 Å². The van der Waals surface area contributed by atoms with Crippen molar-refractivity contribution in [3.05, 3.63) is 64.2 Å². The van der Waals surface area contributed by atoms with Crippen LogP contribution >= 0.6 is 11.6 Å². The highest BCUT2D eigenvalue weighted by Crippen LogP contribution is 2.19. The van der Waals surface area contributed by atoms with Gasteiger partial charge in [0.05, 0.1) is 5.56 Å². The van der Waals surface area contributed by atoms with Crippen LogP contribution in [-0.4, -0.2) is 5.91 Å². The molecule has 1 N–H and O–H groups in total. The zero-order valence-corrected chi connectivity index (χ0v) is 10.8. The standard InChI is InChI=1S/C14H10ClF2NO/c1-8-2-4-10(16)7-13(8)18-14(19)11-5-3-9(15)6-12(11)17/h2-7H,1H3,(H,18,19). The number of benzene rings is 2. The second-order valence-corrected chi connectivity index (χ2v) is 4.47. The van der Waals surface area contributed by atoms with Crippen LogP contribution in [0.1, 0.15) is 15.9 Å². The maximum Gasteiger partial charge on any atom is 0.258 e. The van der Waals surface area contributed by atoms with Crippen LogP contribution in [-0.2, 0) is 0 Å². The van der Waals surface area contributed by atoms with E-state index >= 15 is 0 Å². The minimum Gasteiger partial charge on any atom is -0.322 e. The van der Waals surface area contributed by atoms with Gasteiger partial charge in [-0.25, -0.2) is 8.78 Å². The van der Waals surface area contributed by atoms with Crippen LogP contribution in [0.2, 0.25) is 5.02 Å². The van der Waals surface area contributed by atoms with E-state index in [0.717, 1.165) is 6.07 Å². The Morgan fingerprint density at radius 3 is 2.58 bits per heavy atom. The van der Waals surface area contributed by atoms with Crippen molar-refractivity contribution in [3.63, 3.8) is 0 Å². The van der Waals surface area contributed by atoms with Crippen molar-refractivity contribution >= 4 is 23.2 Å². The Bertz CT molecular complexity index is 643. The van der Waals surface area contributed by atoms with Crippen LogP contribution < -0.4 is 5.32 Å². The van der Waals surface area contributed by atoms with Gasteiger partial charge in [-0.2, -0.15) is 0 Å². The van der Waals surface area contributed by atoms with Gasteiger partial charge in [-0.15, -0.1) is 0 Å². The van der Waals surface area contributed by atoms with Gasteiger partial charge >= 0.3 is 0 Å². The zero-order chi connectivity index (χ0) is 14.0. The number of carbonyl (C=O) groups excluding carboxylic acids is 1. The Morgan fingerprint density at radius 1 is 1.16 bits per heavy atom. The maximum atomic E-state index is 13.6. The fourth-order valence-electron chi connectivity index (χ4n) is 1.59. The maximum absolute atomic E-state index is 13.6. The van der Waals surface area contributed by atoms with Crippen molar-refractivity contribution in [3.8, 4) is 0 Å². The van der Waals surface area contributed by atoms with Crippen molar-refractivity contribution in [2.24, 2.45) is 0 Å². The van der Waals surface area contributed by atoms with Gasteiger partial charge in [-0.3, -0.25) is 4.79 Å². The molecule has 0 aliphatic rings. The Labute approximate surface area is 114 Å². The van der Waals surface area contributed by atoms with E-state index in [1.165, 1.54) is 30.3 Å². The van der Waals surface area contributed by atoms with E-state index in [4.69, 9.17) is 11.6 Å². The lowest BCUT2D eigenvalue weighted by molar-refractivity contribution is 0.102. The first-order valence-corrected chi connectivity index (χ1v) is 5.88. The average molecular weight is 282 g/mol. The molecule has 98 valence electrons. The Morgan fingerprint density at radius 2 is 1.89 bits per heavy atom. The number of halogens is 3. The lowest BCUT2D eigenvalue weighted by atomic mass is 10.1. The van der Waals surface area contributed by atoms with Gasteiger partial charge in [0.25, 0.3) is 5.91 Å². The zero-order valence-electron chi connectivity index (χ0n) is 10.0. The number of hydrogen-bond acceptors (Lipinski definition) is 1. The highest BCUT2D eigenvalue weighted by Gasteiger charge is 2.13. The molecule has 2 rings (SSSR count). The molecule has 0 radical (unpaired) electrons. The van der Waals surface area contributed by atoms with Gasteiger partial charge in [0.2, 0.25) is 0 Å². The van der Waals surface area contributed by atoms with Crippen LogP contribution in [0, 0.1) is 18.6 Å². The Kier molecular flexibility index (Phi) is 3.81. The minimum absolute atomic E-state index is 0.145. The second-order valence-electron chi connectivity index (χ2n) is 4.04. The Hall–Kier alpha value is -1.94. The van der Waals surface area contributed by atoms with Gasteiger partial charge in [0, 0.05) is 10.7 Å². The summed E-state index contributed by atoms with van der Waals surface area (Å²) in [4.78, 5) is 11.9. The van der Waals surface area contributed by atoms with Crippen molar-refractivity contribution in [1.29, 1.82) is 0 Å². The first-order valence-electron chi connectivity index (χ1n) is 5.50. The van der Waals surface area contributed by atoms with Crippen LogP contribution in [0.4, 0.5) is 14.5 Å². The highest BCUT2D eigenvalue weighted by atomic mass is 35.5. The van der Waals surface area contributed by atoms with E-state index in [0.29, 0.717) is 11.3 Å². The first kappa shape index (κ1) is 13.5. The molecule has 0 unspecified atom stereocenters. The van der Waals surface area contributed by atoms with Crippen LogP contribution in [0.3, 0.4) is 0 Å². The predicted octanol–water partition coefficient (Wildman–Crippen LogP) is 4.18. The summed E-state index contributed by atoms with van der Waals surface area (Å²) in [5.74, 6) is -1.85. The second kappa shape index (κ2) is 5.36. The molecule has 0 spiro atoms. The SMILES string of the molecule is Cc1ccc(F)cc1NC(=O)c1ccc(Cl)cc1F. The summed E-state index contributed by atoms with van der Waals surface area (Å²) in [6.07, 6.45) is 0. The molecule has 0 aliphatic carbocycles. The molecule has 0 fully saturated rings. The monoisotopic (exact) mass is 281 g/mol. The average Bonchev–Trinajstić information content (AvgIpc) is 2.33. The molecular formula is C14H10ClF2NO. The molecule has 0 heterocycles. The van der Waals surface area contributed by atoms with E-state index in [1.54, 1.807) is 6.92 Å². The predicted molar refractivity (Wildman–Crippen MR) is 70.5 cm³/mol. The number of aryl methyl sites for hydroxylation is 1. The van der Waals surface area contributed by atoms with Crippen LogP contribution in [0.15, 0.2) is 36.4 Å². The number of nitrogens with one attached hydrogen (secondary N) is 1. The van der Waals surface area contributed by atoms with Crippen LogP contribution in [0.5, 0.6) is 0 Å². The molecule has 0 aromatic heterocycles. The third-order valence-electron chi connectivity index (χ3n) is 2.62. The van der Waals surface area contributed by atoms with Crippen molar-refractivity contribution in [2.75, 3.05) is 5.32 Å². The molecule has 1 amide bonds. The molecule has 2 nitrogen and oxygen atoms in total. The fraction of sp³-hybridized carbons (Fsp3) is 0.0714. The third kappa shape index (κ3) is 3.09. The molecule has 2 aromatic rings. The van der Waals surface area contributed by atoms with Crippen molar-refractivity contribution < 1.29 is 13.6 Å². The third-order valence-corrected chi connectivity index (χ3v) is 2.86. The van der Waals surface area contributed by atoms with Crippen molar-refractivity contribution in [2.45, 2.75) is 6.92 Å². The Balaban J connectivity index is 2.28. The summed E-state index contributed by atoms with van der Waals surface area (Å²) < 4.78 is 26.7. The quantitative estimate of drug-likeness (QED) is 0.879. The lowest BCUT2D eigenvalue weighted by Gasteiger charge is -2.09. The summed E-state index contributed by atoms with van der Waals surface area (Å²) in [6, 6.07) is 7.74. The van der Waals surface area contributed by atoms with Gasteiger partial charge in [0.15, 0.2) is 0 Å². The molecule has 0 saturated carbocycles. The topological polar surface area (TPSA) is 29.1 Å². The molecule has 2 aromatic carbocycles. The molecule has 19 heavy (non-hydrogen) atoms. The summed E-state index contributed by atoms with van der Waals surface area (Å²) in [7, 11) is 0. The highest BCUT2D eigenvalue weighted by molar-refractivity contribution is 6.30. The van der Waals surface area contributed by atoms with E-state index in [2.05, 4.69) is 5.32 Å². The van der Waals surface area contributed by atoms with Crippen molar-refractivity contribution in [1.82, 2.24) is 0 Å². The normalized spacial score (nSPS) is 10.3. The van der Waals surface area contributed by atoms with Crippen LogP contribution in [0.25, 0.3) is 0 Å². The number of anilines is 1. The number of hydrogen-bond donors (Lipinski definition) is 1. The summed E-state index contributed by atoms with van der Waals surface area (Å²) in [6.45, 7) is 1.72. The summed E-state index contributed by atoms with van der Waals surface area (Å²) >= 11 is 5.61. The van der Waals surface area contributed by atoms with Gasteiger partial charge in [-0.1, -0.05) is 17.7 Å². The largest absolute Gasteiger partial charge is 0.322 e. The smallest absolute Gasteiger partial charge is 0.258 e. The summed E-state index contributed by atoms with van der Waals surface area (Å²) in [5.41, 5.74) is 0.844. The summed E-state index contributed by atoms with van der Waals surface area (Å²) in [5, 5.41) is 2.67. The van der Waals surface area contributed by atoms with Gasteiger partial charge < -0.3 is 5.32 Å². The van der Waals surface area contributed by atoms with E-state index in [-0.39, 0.29) is 10.6 Å². The van der Waals surface area contributed by atoms with E-state index in [1.807, 2.05) is 0 Å². The molecular weight excluding hydrogens is 272 g/mol. The van der Waals surface area contributed by atoms with E-state index < -0.39 is 17.5 Å².